The summed E-state index contributed by atoms with van der Waals surface area (Å²) in [6.07, 6.45) is -3.45. The lowest BCUT2D eigenvalue weighted by Gasteiger charge is -2.33. The van der Waals surface area contributed by atoms with E-state index in [-0.39, 0.29) is 13.0 Å². The molecule has 0 amide bonds. The molecule has 1 saturated heterocycles. The molecule has 3 nitrogen and oxygen atoms in total. The Hall–Kier alpha value is -1.56. The predicted octanol–water partition coefficient (Wildman–Crippen LogP) is 3.25. The minimum absolute atomic E-state index is 0.0149. The monoisotopic (exact) mass is 301 g/mol. The summed E-state index contributed by atoms with van der Waals surface area (Å²) in [4.78, 5) is 13.4. The van der Waals surface area contributed by atoms with Crippen LogP contribution in [0.25, 0.3) is 0 Å². The van der Waals surface area contributed by atoms with Gasteiger partial charge in [0.15, 0.2) is 0 Å². The number of esters is 1. The smallest absolute Gasteiger partial charge is 0.393 e. The maximum absolute atomic E-state index is 12.8. The molecule has 0 N–H and O–H groups in total. The molecule has 116 valence electrons. The Morgan fingerprint density at radius 1 is 1.38 bits per heavy atom. The zero-order valence-electron chi connectivity index (χ0n) is 11.8. The molecule has 0 bridgehead atoms. The van der Waals surface area contributed by atoms with E-state index in [0.717, 1.165) is 0 Å². The topological polar surface area (TPSA) is 29.5 Å². The maximum Gasteiger partial charge on any atom is 0.393 e. The number of carbonyl (C=O) groups excluding carboxylic acids is 1. The first-order valence-corrected chi connectivity index (χ1v) is 6.87. The summed E-state index contributed by atoms with van der Waals surface area (Å²) in [6, 6.07) is 6.87. The largest absolute Gasteiger partial charge is 0.465 e. The van der Waals surface area contributed by atoms with Gasteiger partial charge in [-0.2, -0.15) is 13.2 Å². The molecule has 1 atom stereocenters. The van der Waals surface area contributed by atoms with Gasteiger partial charge in [-0.15, -0.1) is 0 Å². The highest BCUT2D eigenvalue weighted by Gasteiger charge is 2.41. The van der Waals surface area contributed by atoms with Gasteiger partial charge in [0.1, 0.15) is 0 Å². The lowest BCUT2D eigenvalue weighted by atomic mass is 9.96. The van der Waals surface area contributed by atoms with Gasteiger partial charge in [0.2, 0.25) is 0 Å². The first-order chi connectivity index (χ1) is 9.91. The van der Waals surface area contributed by atoms with Crippen molar-refractivity contribution in [1.29, 1.82) is 0 Å². The Morgan fingerprint density at radius 3 is 2.76 bits per heavy atom. The number of likely N-dealkylation sites (tertiary alicyclic amines) is 1. The number of halogens is 3. The minimum atomic E-state index is -4.15. The summed E-state index contributed by atoms with van der Waals surface area (Å²) < 4.78 is 43.1. The second kappa shape index (κ2) is 6.47. The van der Waals surface area contributed by atoms with Crippen LogP contribution in [-0.2, 0) is 11.3 Å². The van der Waals surface area contributed by atoms with Gasteiger partial charge in [-0.3, -0.25) is 4.90 Å². The van der Waals surface area contributed by atoms with Crippen molar-refractivity contribution < 1.29 is 22.7 Å². The van der Waals surface area contributed by atoms with Crippen molar-refractivity contribution in [1.82, 2.24) is 4.90 Å². The number of hydrogen-bond acceptors (Lipinski definition) is 3. The van der Waals surface area contributed by atoms with Crippen LogP contribution in [0.15, 0.2) is 24.3 Å². The van der Waals surface area contributed by atoms with Crippen LogP contribution in [0, 0.1) is 5.92 Å². The van der Waals surface area contributed by atoms with Crippen LogP contribution < -0.4 is 0 Å². The summed E-state index contributed by atoms with van der Waals surface area (Å²) in [5.41, 5.74) is 1.11. The van der Waals surface area contributed by atoms with Gasteiger partial charge >= 0.3 is 12.1 Å². The van der Waals surface area contributed by atoms with Gasteiger partial charge in [-0.25, -0.2) is 4.79 Å². The van der Waals surface area contributed by atoms with Gasteiger partial charge in [0.25, 0.3) is 0 Å². The number of piperidine rings is 1. The molecule has 1 unspecified atom stereocenters. The Bertz CT molecular complexity index is 502. The molecule has 1 heterocycles. The molecule has 1 aliphatic rings. The predicted molar refractivity (Wildman–Crippen MR) is 71.8 cm³/mol. The van der Waals surface area contributed by atoms with E-state index in [1.165, 1.54) is 7.11 Å². The van der Waals surface area contributed by atoms with Crippen molar-refractivity contribution >= 4 is 5.97 Å². The Kier molecular flexibility index (Phi) is 4.88. The fourth-order valence-corrected chi connectivity index (χ4v) is 2.67. The summed E-state index contributed by atoms with van der Waals surface area (Å²) in [7, 11) is 1.29. The average Bonchev–Trinajstić information content (AvgIpc) is 2.46. The average molecular weight is 301 g/mol. The quantitative estimate of drug-likeness (QED) is 0.803. The lowest BCUT2D eigenvalue weighted by Crippen LogP contribution is -2.41. The lowest BCUT2D eigenvalue weighted by molar-refractivity contribution is -0.187. The van der Waals surface area contributed by atoms with E-state index in [9.17, 15) is 18.0 Å². The molecular weight excluding hydrogens is 283 g/mol. The highest BCUT2D eigenvalue weighted by atomic mass is 19.4. The third-order valence-corrected chi connectivity index (χ3v) is 3.79. The highest BCUT2D eigenvalue weighted by Crippen LogP contribution is 2.33. The number of carbonyl (C=O) groups is 1. The standard InChI is InChI=1S/C15H18F3NO2/c1-21-14(20)13-7-3-2-5-11(13)9-19-8-4-6-12(10-19)15(16,17)18/h2-3,5,7,12H,4,6,8-10H2,1H3. The van der Waals surface area contributed by atoms with Gasteiger partial charge < -0.3 is 4.74 Å². The molecule has 0 aromatic heterocycles. The van der Waals surface area contributed by atoms with Crippen LogP contribution in [0.3, 0.4) is 0 Å². The summed E-state index contributed by atoms with van der Waals surface area (Å²) in [5.74, 6) is -1.74. The van der Waals surface area contributed by atoms with E-state index in [0.29, 0.717) is 30.6 Å². The van der Waals surface area contributed by atoms with Crippen molar-refractivity contribution in [2.75, 3.05) is 20.2 Å². The van der Waals surface area contributed by atoms with Crippen molar-refractivity contribution in [2.45, 2.75) is 25.6 Å². The molecule has 1 fully saturated rings. The van der Waals surface area contributed by atoms with Crippen molar-refractivity contribution in [3.05, 3.63) is 35.4 Å². The van der Waals surface area contributed by atoms with Crippen LogP contribution in [0.1, 0.15) is 28.8 Å². The number of benzene rings is 1. The molecule has 2 rings (SSSR count). The molecule has 0 saturated carbocycles. The van der Waals surface area contributed by atoms with E-state index in [1.54, 1.807) is 29.2 Å². The summed E-state index contributed by atoms with van der Waals surface area (Å²) in [5, 5.41) is 0. The van der Waals surface area contributed by atoms with E-state index < -0.39 is 18.1 Å². The second-order valence-electron chi connectivity index (χ2n) is 5.26. The number of rotatable bonds is 3. The molecule has 21 heavy (non-hydrogen) atoms. The molecule has 0 aliphatic carbocycles. The van der Waals surface area contributed by atoms with Crippen molar-refractivity contribution in [2.24, 2.45) is 5.92 Å². The van der Waals surface area contributed by atoms with E-state index in [4.69, 9.17) is 4.74 Å². The van der Waals surface area contributed by atoms with Crippen molar-refractivity contribution in [3.63, 3.8) is 0 Å². The number of nitrogens with zero attached hydrogens (tertiary/aromatic N) is 1. The van der Waals surface area contributed by atoms with Gasteiger partial charge in [0, 0.05) is 13.1 Å². The van der Waals surface area contributed by atoms with Crippen LogP contribution >= 0.6 is 0 Å². The summed E-state index contributed by atoms with van der Waals surface area (Å²) in [6.45, 7) is 0.930. The summed E-state index contributed by atoms with van der Waals surface area (Å²) >= 11 is 0. The van der Waals surface area contributed by atoms with Crippen LogP contribution in [0.5, 0.6) is 0 Å². The molecule has 0 spiro atoms. The second-order valence-corrected chi connectivity index (χ2v) is 5.26. The van der Waals surface area contributed by atoms with Crippen LogP contribution in [0.2, 0.25) is 0 Å². The Morgan fingerprint density at radius 2 is 2.10 bits per heavy atom. The molecule has 0 radical (unpaired) electrons. The van der Waals surface area contributed by atoms with Crippen LogP contribution in [-0.4, -0.2) is 37.2 Å². The van der Waals surface area contributed by atoms with E-state index in [1.807, 2.05) is 0 Å². The van der Waals surface area contributed by atoms with Crippen molar-refractivity contribution in [3.8, 4) is 0 Å². The zero-order chi connectivity index (χ0) is 15.5. The fourth-order valence-electron chi connectivity index (χ4n) is 2.67. The molecular formula is C15H18F3NO2. The van der Waals surface area contributed by atoms with Crippen LogP contribution in [0.4, 0.5) is 13.2 Å². The first kappa shape index (κ1) is 15.8. The Labute approximate surface area is 121 Å². The Balaban J connectivity index is 2.10. The van der Waals surface area contributed by atoms with E-state index in [2.05, 4.69) is 0 Å². The highest BCUT2D eigenvalue weighted by molar-refractivity contribution is 5.90. The van der Waals surface area contributed by atoms with Gasteiger partial charge in [-0.1, -0.05) is 18.2 Å². The molecule has 1 aromatic rings. The molecule has 6 heteroatoms. The number of alkyl halides is 3. The zero-order valence-corrected chi connectivity index (χ0v) is 11.8. The van der Waals surface area contributed by atoms with E-state index >= 15 is 0 Å². The normalized spacial score (nSPS) is 20.3. The van der Waals surface area contributed by atoms with Gasteiger partial charge in [-0.05, 0) is 31.0 Å². The number of methoxy groups -OCH3 is 1. The number of ether oxygens (including phenoxy) is 1. The van der Waals surface area contributed by atoms with Gasteiger partial charge in [0.05, 0.1) is 18.6 Å². The SMILES string of the molecule is COC(=O)c1ccccc1CN1CCCC(C(F)(F)F)C1. The molecule has 1 aliphatic heterocycles. The maximum atomic E-state index is 12.8. The third-order valence-electron chi connectivity index (χ3n) is 3.79. The molecule has 1 aromatic carbocycles. The fraction of sp³-hybridized carbons (Fsp3) is 0.533. The number of hydrogen-bond donors (Lipinski definition) is 0. The first-order valence-electron chi connectivity index (χ1n) is 6.87. The minimum Gasteiger partial charge on any atom is -0.465 e. The third kappa shape index (κ3) is 3.97.